The van der Waals surface area contributed by atoms with Gasteiger partial charge < -0.3 is 4.98 Å². The number of aryl methyl sites for hydroxylation is 1. The molecule has 3 rings (SSSR count). The molecule has 90 valence electrons. The molecule has 0 spiro atoms. The third-order valence-corrected chi connectivity index (χ3v) is 3.55. The van der Waals surface area contributed by atoms with E-state index < -0.39 is 0 Å². The highest BCUT2D eigenvalue weighted by Gasteiger charge is 2.05. The van der Waals surface area contributed by atoms with E-state index in [1.165, 1.54) is 5.56 Å². The zero-order valence-electron chi connectivity index (χ0n) is 10.1. The van der Waals surface area contributed by atoms with E-state index in [1.807, 2.05) is 12.1 Å². The SMILES string of the molecule is CCc1ccc2nc(-c3cccc(Br)c3)[nH]c2c1. The summed E-state index contributed by atoms with van der Waals surface area (Å²) in [6.07, 6.45) is 1.04. The molecule has 1 aromatic heterocycles. The van der Waals surface area contributed by atoms with Crippen molar-refractivity contribution in [2.45, 2.75) is 13.3 Å². The van der Waals surface area contributed by atoms with E-state index in [1.54, 1.807) is 0 Å². The number of aromatic amines is 1. The summed E-state index contributed by atoms with van der Waals surface area (Å²) in [4.78, 5) is 8.00. The number of rotatable bonds is 2. The van der Waals surface area contributed by atoms with Crippen LogP contribution in [0, 0.1) is 0 Å². The second-order valence-electron chi connectivity index (χ2n) is 4.30. The van der Waals surface area contributed by atoms with Crippen molar-refractivity contribution in [3.8, 4) is 11.4 Å². The monoisotopic (exact) mass is 300 g/mol. The molecule has 0 saturated carbocycles. The van der Waals surface area contributed by atoms with E-state index in [9.17, 15) is 0 Å². The molecule has 0 amide bonds. The number of H-pyrrole nitrogens is 1. The smallest absolute Gasteiger partial charge is 0.138 e. The summed E-state index contributed by atoms with van der Waals surface area (Å²) in [5.74, 6) is 0.916. The Kier molecular flexibility index (Phi) is 2.92. The molecule has 1 heterocycles. The van der Waals surface area contributed by atoms with Crippen molar-refractivity contribution in [1.29, 1.82) is 0 Å². The second-order valence-corrected chi connectivity index (χ2v) is 5.22. The zero-order chi connectivity index (χ0) is 12.5. The molecule has 3 aromatic rings. The summed E-state index contributed by atoms with van der Waals surface area (Å²) in [6, 6.07) is 14.5. The number of benzene rings is 2. The first kappa shape index (κ1) is 11.5. The van der Waals surface area contributed by atoms with Gasteiger partial charge >= 0.3 is 0 Å². The molecule has 0 saturated heterocycles. The average molecular weight is 301 g/mol. The Bertz CT molecular complexity index is 701. The largest absolute Gasteiger partial charge is 0.338 e. The average Bonchev–Trinajstić information content (AvgIpc) is 2.81. The molecule has 0 atom stereocenters. The number of nitrogens with zero attached hydrogens (tertiary/aromatic N) is 1. The first-order valence-electron chi connectivity index (χ1n) is 6.01. The van der Waals surface area contributed by atoms with Gasteiger partial charge in [0.1, 0.15) is 5.82 Å². The predicted octanol–water partition coefficient (Wildman–Crippen LogP) is 4.55. The Morgan fingerprint density at radius 1 is 1.17 bits per heavy atom. The molecule has 1 N–H and O–H groups in total. The van der Waals surface area contributed by atoms with E-state index in [0.717, 1.165) is 33.3 Å². The first-order valence-corrected chi connectivity index (χ1v) is 6.80. The number of imidazole rings is 1. The molecule has 0 aliphatic carbocycles. The highest BCUT2D eigenvalue weighted by Crippen LogP contribution is 2.23. The fraction of sp³-hybridized carbons (Fsp3) is 0.133. The van der Waals surface area contributed by atoms with Gasteiger partial charge in [-0.1, -0.05) is 41.1 Å². The molecule has 0 aliphatic rings. The van der Waals surface area contributed by atoms with Gasteiger partial charge in [-0.25, -0.2) is 4.98 Å². The maximum atomic E-state index is 4.62. The quantitative estimate of drug-likeness (QED) is 0.739. The molecule has 18 heavy (non-hydrogen) atoms. The third-order valence-electron chi connectivity index (χ3n) is 3.05. The number of aromatic nitrogens is 2. The van der Waals surface area contributed by atoms with Gasteiger partial charge in [-0.2, -0.15) is 0 Å². The highest BCUT2D eigenvalue weighted by molar-refractivity contribution is 9.10. The van der Waals surface area contributed by atoms with Gasteiger partial charge in [0.15, 0.2) is 0 Å². The van der Waals surface area contributed by atoms with Crippen LogP contribution < -0.4 is 0 Å². The number of hydrogen-bond acceptors (Lipinski definition) is 1. The minimum atomic E-state index is 0.916. The van der Waals surface area contributed by atoms with Gasteiger partial charge in [0, 0.05) is 10.0 Å². The molecule has 3 heteroatoms. The lowest BCUT2D eigenvalue weighted by Gasteiger charge is -1.96. The minimum absolute atomic E-state index is 0.916. The highest BCUT2D eigenvalue weighted by atomic mass is 79.9. The van der Waals surface area contributed by atoms with Crippen LogP contribution in [0.5, 0.6) is 0 Å². The summed E-state index contributed by atoms with van der Waals surface area (Å²) in [7, 11) is 0. The summed E-state index contributed by atoms with van der Waals surface area (Å²) in [5.41, 5.74) is 4.54. The topological polar surface area (TPSA) is 28.7 Å². The summed E-state index contributed by atoms with van der Waals surface area (Å²) in [6.45, 7) is 2.16. The number of halogens is 1. The van der Waals surface area contributed by atoms with Crippen LogP contribution in [0.1, 0.15) is 12.5 Å². The molecular formula is C15H13BrN2. The van der Waals surface area contributed by atoms with Crippen molar-refractivity contribution in [3.63, 3.8) is 0 Å². The Hall–Kier alpha value is -1.61. The summed E-state index contributed by atoms with van der Waals surface area (Å²) >= 11 is 3.48. The zero-order valence-corrected chi connectivity index (χ0v) is 11.7. The molecule has 0 fully saturated rings. The molecule has 0 radical (unpaired) electrons. The summed E-state index contributed by atoms with van der Waals surface area (Å²) in [5, 5.41) is 0. The van der Waals surface area contributed by atoms with Crippen molar-refractivity contribution < 1.29 is 0 Å². The van der Waals surface area contributed by atoms with Crippen LogP contribution >= 0.6 is 15.9 Å². The Morgan fingerprint density at radius 3 is 2.83 bits per heavy atom. The molecular weight excluding hydrogens is 288 g/mol. The molecule has 0 unspecified atom stereocenters. The van der Waals surface area contributed by atoms with Crippen molar-refractivity contribution in [1.82, 2.24) is 9.97 Å². The molecule has 2 aromatic carbocycles. The first-order chi connectivity index (χ1) is 8.76. The van der Waals surface area contributed by atoms with Crippen molar-refractivity contribution in [2.75, 3.05) is 0 Å². The number of hydrogen-bond donors (Lipinski definition) is 1. The summed E-state index contributed by atoms with van der Waals surface area (Å²) < 4.78 is 1.06. The van der Waals surface area contributed by atoms with Crippen LogP contribution in [0.3, 0.4) is 0 Å². The van der Waals surface area contributed by atoms with Crippen LogP contribution in [0.4, 0.5) is 0 Å². The lowest BCUT2D eigenvalue weighted by molar-refractivity contribution is 1.14. The second kappa shape index (κ2) is 4.58. The standard InChI is InChI=1S/C15H13BrN2/c1-2-10-6-7-13-14(8-10)18-15(17-13)11-4-3-5-12(16)9-11/h3-9H,2H2,1H3,(H,17,18). The molecule has 2 nitrogen and oxygen atoms in total. The normalized spacial score (nSPS) is 11.0. The van der Waals surface area contributed by atoms with Crippen molar-refractivity contribution in [2.24, 2.45) is 0 Å². The van der Waals surface area contributed by atoms with Gasteiger partial charge in [-0.05, 0) is 36.2 Å². The Morgan fingerprint density at radius 2 is 2.06 bits per heavy atom. The molecule has 0 bridgehead atoms. The van der Waals surface area contributed by atoms with Gasteiger partial charge in [0.2, 0.25) is 0 Å². The van der Waals surface area contributed by atoms with Gasteiger partial charge in [0.05, 0.1) is 11.0 Å². The van der Waals surface area contributed by atoms with Gasteiger partial charge in [-0.3, -0.25) is 0 Å². The third kappa shape index (κ3) is 2.06. The van der Waals surface area contributed by atoms with E-state index in [0.29, 0.717) is 0 Å². The van der Waals surface area contributed by atoms with Crippen LogP contribution in [0.25, 0.3) is 22.4 Å². The van der Waals surface area contributed by atoms with Crippen LogP contribution in [0.15, 0.2) is 46.9 Å². The maximum absolute atomic E-state index is 4.62. The van der Waals surface area contributed by atoms with E-state index >= 15 is 0 Å². The predicted molar refractivity (Wildman–Crippen MR) is 78.6 cm³/mol. The fourth-order valence-electron chi connectivity index (χ4n) is 2.05. The van der Waals surface area contributed by atoms with E-state index in [2.05, 4.69) is 63.2 Å². The van der Waals surface area contributed by atoms with Crippen LogP contribution in [-0.4, -0.2) is 9.97 Å². The van der Waals surface area contributed by atoms with Crippen LogP contribution in [-0.2, 0) is 6.42 Å². The Labute approximate surface area is 114 Å². The fourth-order valence-corrected chi connectivity index (χ4v) is 2.45. The van der Waals surface area contributed by atoms with E-state index in [-0.39, 0.29) is 0 Å². The lowest BCUT2D eigenvalue weighted by Crippen LogP contribution is -1.79. The van der Waals surface area contributed by atoms with Crippen molar-refractivity contribution in [3.05, 3.63) is 52.5 Å². The maximum Gasteiger partial charge on any atom is 0.138 e. The lowest BCUT2D eigenvalue weighted by atomic mass is 10.1. The minimum Gasteiger partial charge on any atom is -0.338 e. The number of nitrogens with one attached hydrogen (secondary N) is 1. The Balaban J connectivity index is 2.13. The van der Waals surface area contributed by atoms with Crippen molar-refractivity contribution >= 4 is 27.0 Å². The van der Waals surface area contributed by atoms with Crippen LogP contribution in [0.2, 0.25) is 0 Å². The number of fused-ring (bicyclic) bond motifs is 1. The van der Waals surface area contributed by atoms with Gasteiger partial charge in [0.25, 0.3) is 0 Å². The van der Waals surface area contributed by atoms with E-state index in [4.69, 9.17) is 0 Å². The van der Waals surface area contributed by atoms with Gasteiger partial charge in [-0.15, -0.1) is 0 Å². The molecule has 0 aliphatic heterocycles.